The predicted molar refractivity (Wildman–Crippen MR) is 94.2 cm³/mol. The lowest BCUT2D eigenvalue weighted by atomic mass is 10.2. The fourth-order valence-electron chi connectivity index (χ4n) is 2.48. The van der Waals surface area contributed by atoms with Gasteiger partial charge < -0.3 is 9.30 Å². The first-order valence-electron chi connectivity index (χ1n) is 7.41. The Morgan fingerprint density at radius 3 is 2.52 bits per heavy atom. The number of benzene rings is 1. The van der Waals surface area contributed by atoms with Gasteiger partial charge in [0.15, 0.2) is 15.9 Å². The van der Waals surface area contributed by atoms with Gasteiger partial charge in [-0.05, 0) is 21.5 Å². The van der Waals surface area contributed by atoms with Crippen LogP contribution in [0.3, 0.4) is 0 Å². The molecular weight excluding hydrogens is 392 g/mol. The highest BCUT2D eigenvalue weighted by molar-refractivity contribution is 9.10. The molecule has 3 rings (SSSR count). The Labute approximate surface area is 150 Å². The zero-order valence-corrected chi connectivity index (χ0v) is 15.2. The van der Waals surface area contributed by atoms with Crippen LogP contribution in [0, 0.1) is 0 Å². The molecule has 3 aromatic rings. The molecule has 0 amide bonds. The fraction of sp³-hybridized carbons (Fsp3) is 0.250. The van der Waals surface area contributed by atoms with E-state index in [1.807, 2.05) is 30.3 Å². The van der Waals surface area contributed by atoms with Gasteiger partial charge in [-0.2, -0.15) is 0 Å². The monoisotopic (exact) mass is 406 g/mol. The average Bonchev–Trinajstić information content (AvgIpc) is 2.94. The normalized spacial score (nSPS) is 11.0. The Bertz CT molecular complexity index is 1070. The van der Waals surface area contributed by atoms with Crippen LogP contribution in [0.15, 0.2) is 44.7 Å². The maximum atomic E-state index is 12.4. The van der Waals surface area contributed by atoms with Crippen LogP contribution in [-0.4, -0.2) is 24.7 Å². The van der Waals surface area contributed by atoms with Gasteiger partial charge in [-0.1, -0.05) is 30.3 Å². The smallest absolute Gasteiger partial charge is 0.332 e. The number of fused-ring (bicyclic) bond motifs is 1. The number of aryl methyl sites for hydroxylation is 1. The standard InChI is InChI=1S/C16H15BrN4O4/c1-19-13-12(14(23)20(2)16(19)24)21(15(17)18-13)8-11(22)25-9-10-6-4-3-5-7-10/h3-7H,8-9H2,1-2H3. The first kappa shape index (κ1) is 17.2. The fourth-order valence-corrected chi connectivity index (χ4v) is 2.95. The predicted octanol–water partition coefficient (Wildman–Crippen LogP) is 0.940. The zero-order valence-electron chi connectivity index (χ0n) is 13.6. The zero-order chi connectivity index (χ0) is 18.1. The van der Waals surface area contributed by atoms with E-state index in [9.17, 15) is 14.4 Å². The van der Waals surface area contributed by atoms with Gasteiger partial charge in [0.05, 0.1) is 0 Å². The molecule has 0 saturated heterocycles. The Kier molecular flexibility index (Phi) is 4.58. The van der Waals surface area contributed by atoms with Crippen LogP contribution in [0.2, 0.25) is 0 Å². The minimum atomic E-state index is -0.521. The Morgan fingerprint density at radius 2 is 1.84 bits per heavy atom. The summed E-state index contributed by atoms with van der Waals surface area (Å²) < 4.78 is 9.14. The molecule has 0 atom stereocenters. The van der Waals surface area contributed by atoms with Crippen LogP contribution >= 0.6 is 15.9 Å². The highest BCUT2D eigenvalue weighted by atomic mass is 79.9. The molecule has 0 unspecified atom stereocenters. The Morgan fingerprint density at radius 1 is 1.16 bits per heavy atom. The van der Waals surface area contributed by atoms with E-state index in [4.69, 9.17) is 4.74 Å². The molecule has 0 aliphatic rings. The number of nitrogens with zero attached hydrogens (tertiary/aromatic N) is 4. The molecule has 0 N–H and O–H groups in total. The molecule has 0 fully saturated rings. The first-order valence-corrected chi connectivity index (χ1v) is 8.20. The van der Waals surface area contributed by atoms with Crippen molar-refractivity contribution in [2.24, 2.45) is 14.1 Å². The van der Waals surface area contributed by atoms with Crippen molar-refractivity contribution in [3.05, 3.63) is 61.5 Å². The third-order valence-corrected chi connectivity index (χ3v) is 4.44. The molecule has 130 valence electrons. The summed E-state index contributed by atoms with van der Waals surface area (Å²) in [6.07, 6.45) is 0. The van der Waals surface area contributed by atoms with E-state index in [0.29, 0.717) is 0 Å². The molecule has 0 bridgehead atoms. The van der Waals surface area contributed by atoms with E-state index >= 15 is 0 Å². The molecule has 0 saturated carbocycles. The summed E-state index contributed by atoms with van der Waals surface area (Å²) in [6.45, 7) is -0.0578. The summed E-state index contributed by atoms with van der Waals surface area (Å²) in [4.78, 5) is 40.7. The number of esters is 1. The van der Waals surface area contributed by atoms with Gasteiger partial charge in [-0.15, -0.1) is 0 Å². The van der Waals surface area contributed by atoms with Gasteiger partial charge in [0.2, 0.25) is 0 Å². The van der Waals surface area contributed by atoms with Crippen LogP contribution in [0.1, 0.15) is 5.56 Å². The number of imidazole rings is 1. The molecule has 0 aliphatic heterocycles. The molecule has 8 nitrogen and oxygen atoms in total. The lowest BCUT2D eigenvalue weighted by Gasteiger charge is -2.08. The quantitative estimate of drug-likeness (QED) is 0.475. The van der Waals surface area contributed by atoms with Crippen LogP contribution in [0.25, 0.3) is 11.2 Å². The third-order valence-electron chi connectivity index (χ3n) is 3.83. The number of carbonyl (C=O) groups excluding carboxylic acids is 1. The van der Waals surface area contributed by atoms with Crippen molar-refractivity contribution in [2.75, 3.05) is 0 Å². The lowest BCUT2D eigenvalue weighted by molar-refractivity contribution is -0.145. The highest BCUT2D eigenvalue weighted by Crippen LogP contribution is 2.16. The van der Waals surface area contributed by atoms with E-state index in [2.05, 4.69) is 20.9 Å². The van der Waals surface area contributed by atoms with Crippen LogP contribution in [0.5, 0.6) is 0 Å². The number of rotatable bonds is 4. The number of halogens is 1. The van der Waals surface area contributed by atoms with Crippen molar-refractivity contribution in [2.45, 2.75) is 13.2 Å². The van der Waals surface area contributed by atoms with E-state index < -0.39 is 17.2 Å². The lowest BCUT2D eigenvalue weighted by Crippen LogP contribution is -2.37. The van der Waals surface area contributed by atoms with Gasteiger partial charge in [0.25, 0.3) is 5.56 Å². The molecule has 1 aromatic carbocycles. The average molecular weight is 407 g/mol. The number of carbonyl (C=O) groups is 1. The van der Waals surface area contributed by atoms with Crippen molar-refractivity contribution < 1.29 is 9.53 Å². The topological polar surface area (TPSA) is 88.1 Å². The third kappa shape index (κ3) is 3.14. The molecule has 25 heavy (non-hydrogen) atoms. The second-order valence-corrected chi connectivity index (χ2v) is 6.20. The summed E-state index contributed by atoms with van der Waals surface area (Å²) in [5.41, 5.74) is 0.223. The van der Waals surface area contributed by atoms with E-state index in [1.165, 1.54) is 23.2 Å². The van der Waals surface area contributed by atoms with Crippen molar-refractivity contribution in [3.63, 3.8) is 0 Å². The van der Waals surface area contributed by atoms with Gasteiger partial charge in [0.1, 0.15) is 13.2 Å². The number of ether oxygens (including phenoxy) is 1. The van der Waals surface area contributed by atoms with Crippen LogP contribution in [-0.2, 0) is 36.8 Å². The molecular formula is C16H15BrN4O4. The Balaban J connectivity index is 1.91. The van der Waals surface area contributed by atoms with Gasteiger partial charge >= 0.3 is 11.7 Å². The maximum absolute atomic E-state index is 12.4. The van der Waals surface area contributed by atoms with Crippen molar-refractivity contribution in [1.82, 2.24) is 18.7 Å². The number of hydrogen-bond acceptors (Lipinski definition) is 5. The molecule has 2 heterocycles. The highest BCUT2D eigenvalue weighted by Gasteiger charge is 2.20. The number of aromatic nitrogens is 4. The van der Waals surface area contributed by atoms with Gasteiger partial charge in [-0.3, -0.25) is 18.7 Å². The summed E-state index contributed by atoms with van der Waals surface area (Å²) >= 11 is 3.23. The van der Waals surface area contributed by atoms with E-state index in [0.717, 1.165) is 10.1 Å². The van der Waals surface area contributed by atoms with Gasteiger partial charge in [-0.25, -0.2) is 9.78 Å². The minimum Gasteiger partial charge on any atom is -0.459 e. The summed E-state index contributed by atoms with van der Waals surface area (Å²) in [6, 6.07) is 9.28. The SMILES string of the molecule is Cn1c(=O)c2c(nc(Br)n2CC(=O)OCc2ccccc2)n(C)c1=O. The van der Waals surface area contributed by atoms with E-state index in [-0.39, 0.29) is 29.0 Å². The second-order valence-electron chi connectivity index (χ2n) is 5.49. The van der Waals surface area contributed by atoms with Crippen molar-refractivity contribution in [1.29, 1.82) is 0 Å². The molecule has 0 spiro atoms. The largest absolute Gasteiger partial charge is 0.459 e. The van der Waals surface area contributed by atoms with Crippen LogP contribution in [0.4, 0.5) is 0 Å². The summed E-state index contributed by atoms with van der Waals surface area (Å²) in [5, 5.41) is 0. The molecule has 9 heteroatoms. The summed E-state index contributed by atoms with van der Waals surface area (Å²) in [7, 11) is 2.89. The van der Waals surface area contributed by atoms with Crippen molar-refractivity contribution >= 4 is 33.1 Å². The maximum Gasteiger partial charge on any atom is 0.332 e. The first-order chi connectivity index (χ1) is 11.9. The van der Waals surface area contributed by atoms with Gasteiger partial charge in [0, 0.05) is 14.1 Å². The molecule has 0 radical (unpaired) electrons. The van der Waals surface area contributed by atoms with E-state index in [1.54, 1.807) is 0 Å². The second kappa shape index (κ2) is 6.67. The van der Waals surface area contributed by atoms with Crippen molar-refractivity contribution in [3.8, 4) is 0 Å². The minimum absolute atomic E-state index is 0.139. The Hall–Kier alpha value is -2.68. The molecule has 2 aromatic heterocycles. The molecule has 0 aliphatic carbocycles. The number of hydrogen-bond donors (Lipinski definition) is 0. The van der Waals surface area contributed by atoms with Crippen LogP contribution < -0.4 is 11.2 Å². The summed E-state index contributed by atoms with van der Waals surface area (Å²) in [5.74, 6) is -0.514.